The van der Waals surface area contributed by atoms with Gasteiger partial charge in [-0.05, 0) is 80.5 Å². The van der Waals surface area contributed by atoms with Crippen molar-refractivity contribution in [3.8, 4) is 0 Å². The molecular formula is C22H26F3N5. The summed E-state index contributed by atoms with van der Waals surface area (Å²) < 4.78 is 37.8. The number of anilines is 3. The largest absolute Gasteiger partial charge is 0.405 e. The van der Waals surface area contributed by atoms with Gasteiger partial charge in [-0.15, -0.1) is 0 Å². The lowest BCUT2D eigenvalue weighted by Crippen LogP contribution is -2.29. The smallest absolute Gasteiger partial charge is 0.387 e. The van der Waals surface area contributed by atoms with Gasteiger partial charge in [0.05, 0.1) is 0 Å². The van der Waals surface area contributed by atoms with Crippen LogP contribution in [-0.4, -0.2) is 42.7 Å². The summed E-state index contributed by atoms with van der Waals surface area (Å²) in [7, 11) is 2.15. The predicted molar refractivity (Wildman–Crippen MR) is 114 cm³/mol. The minimum atomic E-state index is -4.30. The van der Waals surface area contributed by atoms with Crippen LogP contribution in [0, 0.1) is 0 Å². The highest BCUT2D eigenvalue weighted by Crippen LogP contribution is 2.31. The summed E-state index contributed by atoms with van der Waals surface area (Å²) in [5.41, 5.74) is 3.96. The second kappa shape index (κ2) is 8.55. The number of aromatic nitrogens is 1. The minimum Gasteiger partial charge on any atom is -0.387 e. The lowest BCUT2D eigenvalue weighted by molar-refractivity contribution is -0.115. The highest BCUT2D eigenvalue weighted by atomic mass is 19.4. The van der Waals surface area contributed by atoms with Crippen LogP contribution >= 0.6 is 0 Å². The molecule has 0 atom stereocenters. The maximum atomic E-state index is 12.6. The number of fused-ring (bicyclic) bond motifs is 1. The highest BCUT2D eigenvalue weighted by molar-refractivity contribution is 5.71. The van der Waals surface area contributed by atoms with Gasteiger partial charge in [-0.25, -0.2) is 4.98 Å². The number of halogens is 3. The van der Waals surface area contributed by atoms with Gasteiger partial charge in [-0.3, -0.25) is 0 Å². The number of nitrogens with one attached hydrogen (secondary N) is 3. The van der Waals surface area contributed by atoms with Crippen molar-refractivity contribution < 1.29 is 13.2 Å². The fraction of sp³-hybridized carbons (Fsp3) is 0.409. The van der Waals surface area contributed by atoms with E-state index in [2.05, 4.69) is 45.0 Å². The van der Waals surface area contributed by atoms with E-state index < -0.39 is 12.7 Å². The molecule has 0 unspecified atom stereocenters. The molecular weight excluding hydrogens is 391 g/mol. The topological polar surface area (TPSA) is 52.2 Å². The van der Waals surface area contributed by atoms with E-state index in [0.717, 1.165) is 42.7 Å². The molecule has 8 heteroatoms. The number of rotatable bonds is 5. The molecule has 4 rings (SSSR count). The van der Waals surface area contributed by atoms with Crippen LogP contribution in [0.25, 0.3) is 6.08 Å². The first-order chi connectivity index (χ1) is 14.4. The zero-order chi connectivity index (χ0) is 21.1. The van der Waals surface area contributed by atoms with Crippen LogP contribution in [0.1, 0.15) is 35.4 Å². The van der Waals surface area contributed by atoms with Crippen LogP contribution in [0.15, 0.2) is 36.5 Å². The number of hydrogen-bond acceptors (Lipinski definition) is 5. The van der Waals surface area contributed by atoms with E-state index in [-0.39, 0.29) is 5.82 Å². The van der Waals surface area contributed by atoms with E-state index in [1.165, 1.54) is 5.56 Å². The number of hydrogen-bond donors (Lipinski definition) is 3. The number of benzene rings is 1. The van der Waals surface area contributed by atoms with Crippen molar-refractivity contribution in [1.29, 1.82) is 0 Å². The minimum absolute atomic E-state index is 0.197. The van der Waals surface area contributed by atoms with Crippen molar-refractivity contribution in [3.05, 3.63) is 53.2 Å². The molecule has 2 aliphatic heterocycles. The quantitative estimate of drug-likeness (QED) is 0.660. The van der Waals surface area contributed by atoms with Gasteiger partial charge < -0.3 is 20.9 Å². The predicted octanol–water partition coefficient (Wildman–Crippen LogP) is 4.68. The van der Waals surface area contributed by atoms with Gasteiger partial charge >= 0.3 is 6.18 Å². The Kier molecular flexibility index (Phi) is 5.85. The third-order valence-electron chi connectivity index (χ3n) is 5.65. The second-order valence-corrected chi connectivity index (χ2v) is 7.93. The molecule has 3 N–H and O–H groups in total. The van der Waals surface area contributed by atoms with Gasteiger partial charge in [0.15, 0.2) is 0 Å². The zero-order valence-corrected chi connectivity index (χ0v) is 16.9. The molecule has 0 bridgehead atoms. The molecule has 0 spiro atoms. The maximum Gasteiger partial charge on any atom is 0.405 e. The molecule has 3 heterocycles. The van der Waals surface area contributed by atoms with Gasteiger partial charge in [0.1, 0.15) is 18.2 Å². The number of alkyl halides is 3. The third kappa shape index (κ3) is 5.05. The molecule has 0 amide bonds. The van der Waals surface area contributed by atoms with Gasteiger partial charge in [0.25, 0.3) is 0 Å². The van der Waals surface area contributed by atoms with Crippen LogP contribution < -0.4 is 16.0 Å². The first-order valence-electron chi connectivity index (χ1n) is 10.2. The summed E-state index contributed by atoms with van der Waals surface area (Å²) in [6.07, 6.45) is 1.64. The molecule has 160 valence electrons. The van der Waals surface area contributed by atoms with Crippen molar-refractivity contribution in [2.24, 2.45) is 0 Å². The number of pyridine rings is 1. The second-order valence-electron chi connectivity index (χ2n) is 7.93. The molecule has 1 aromatic carbocycles. The normalized spacial score (nSPS) is 17.3. The van der Waals surface area contributed by atoms with Crippen molar-refractivity contribution >= 4 is 23.4 Å². The van der Waals surface area contributed by atoms with Crippen LogP contribution in [0.5, 0.6) is 0 Å². The van der Waals surface area contributed by atoms with E-state index in [0.29, 0.717) is 18.3 Å². The van der Waals surface area contributed by atoms with Crippen LogP contribution in [0.2, 0.25) is 0 Å². The molecule has 1 saturated heterocycles. The van der Waals surface area contributed by atoms with Gasteiger partial charge in [0.2, 0.25) is 0 Å². The summed E-state index contributed by atoms with van der Waals surface area (Å²) >= 11 is 0. The molecule has 30 heavy (non-hydrogen) atoms. The SMILES string of the molecule is CN1CCC(c2ccc(Nc3nc(NCC(F)(F)F)cc4c3CNC=C4)cc2)CC1. The van der Waals surface area contributed by atoms with Crippen molar-refractivity contribution in [1.82, 2.24) is 15.2 Å². The molecule has 1 aromatic heterocycles. The van der Waals surface area contributed by atoms with Crippen LogP contribution in [0.3, 0.4) is 0 Å². The van der Waals surface area contributed by atoms with Gasteiger partial charge in [-0.2, -0.15) is 13.2 Å². The van der Waals surface area contributed by atoms with E-state index >= 15 is 0 Å². The lowest BCUT2D eigenvalue weighted by Gasteiger charge is -2.29. The number of likely N-dealkylation sites (tertiary alicyclic amines) is 1. The molecule has 2 aliphatic rings. The Balaban J connectivity index is 1.52. The molecule has 0 saturated carbocycles. The summed E-state index contributed by atoms with van der Waals surface area (Å²) in [5, 5.41) is 8.81. The summed E-state index contributed by atoms with van der Waals surface area (Å²) in [5.74, 6) is 1.33. The van der Waals surface area contributed by atoms with Crippen molar-refractivity contribution in [2.45, 2.75) is 31.5 Å². The van der Waals surface area contributed by atoms with E-state index in [1.807, 2.05) is 18.2 Å². The number of nitrogens with zero attached hydrogens (tertiary/aromatic N) is 2. The number of piperidine rings is 1. The summed E-state index contributed by atoms with van der Waals surface area (Å²) in [4.78, 5) is 6.75. The Hall–Kier alpha value is -2.74. The molecule has 5 nitrogen and oxygen atoms in total. The van der Waals surface area contributed by atoms with E-state index in [1.54, 1.807) is 12.3 Å². The van der Waals surface area contributed by atoms with Crippen LogP contribution in [-0.2, 0) is 6.54 Å². The van der Waals surface area contributed by atoms with Gasteiger partial charge in [0, 0.05) is 17.8 Å². The maximum absolute atomic E-state index is 12.6. The molecule has 2 aromatic rings. The zero-order valence-electron chi connectivity index (χ0n) is 16.9. The fourth-order valence-corrected chi connectivity index (χ4v) is 3.94. The molecule has 1 fully saturated rings. The van der Waals surface area contributed by atoms with E-state index in [9.17, 15) is 13.2 Å². The average Bonchev–Trinajstić information content (AvgIpc) is 2.73. The highest BCUT2D eigenvalue weighted by Gasteiger charge is 2.27. The first kappa shape index (κ1) is 20.5. The first-order valence-corrected chi connectivity index (χ1v) is 10.2. The van der Waals surface area contributed by atoms with Gasteiger partial charge in [-0.1, -0.05) is 12.1 Å². The van der Waals surface area contributed by atoms with Crippen molar-refractivity contribution in [3.63, 3.8) is 0 Å². The summed E-state index contributed by atoms with van der Waals surface area (Å²) in [6.45, 7) is 1.66. The monoisotopic (exact) mass is 417 g/mol. The van der Waals surface area contributed by atoms with Crippen molar-refractivity contribution in [2.75, 3.05) is 37.3 Å². The Morgan fingerprint density at radius 3 is 2.60 bits per heavy atom. The lowest BCUT2D eigenvalue weighted by atomic mass is 9.89. The Morgan fingerprint density at radius 1 is 1.17 bits per heavy atom. The average molecular weight is 417 g/mol. The molecule has 0 radical (unpaired) electrons. The fourth-order valence-electron chi connectivity index (χ4n) is 3.94. The standard InChI is InChI=1S/C22H26F3N5/c1-30-10-7-16(8-11-30)15-2-4-18(5-3-15)28-21-19-13-26-9-6-17(19)12-20(29-21)27-14-22(23,24)25/h2-6,9,12,16,26H,7-8,10-11,13-14H2,1H3,(H2,27,28,29). The third-order valence-corrected chi connectivity index (χ3v) is 5.65. The van der Waals surface area contributed by atoms with E-state index in [4.69, 9.17) is 0 Å². The molecule has 0 aliphatic carbocycles. The summed E-state index contributed by atoms with van der Waals surface area (Å²) in [6, 6.07) is 9.95. The Morgan fingerprint density at radius 2 is 1.90 bits per heavy atom. The Bertz CT molecular complexity index is 900. The Labute approximate surface area is 174 Å². The van der Waals surface area contributed by atoms with Crippen LogP contribution in [0.4, 0.5) is 30.5 Å².